The van der Waals surface area contributed by atoms with Crippen LogP contribution in [0.3, 0.4) is 0 Å². The van der Waals surface area contributed by atoms with Crippen LogP contribution in [0.2, 0.25) is 0 Å². The van der Waals surface area contributed by atoms with E-state index in [0.717, 1.165) is 32.6 Å². The first kappa shape index (κ1) is 17.9. The molecule has 1 fully saturated rings. The van der Waals surface area contributed by atoms with Gasteiger partial charge in [-0.1, -0.05) is 30.3 Å². The second-order valence-corrected chi connectivity index (χ2v) is 6.43. The Hall–Kier alpha value is -2.93. The number of primary amides is 1. The van der Waals surface area contributed by atoms with Crippen molar-refractivity contribution < 1.29 is 9.72 Å². The molecule has 0 spiro atoms. The number of nitro benzene ring substituents is 1. The summed E-state index contributed by atoms with van der Waals surface area (Å²) in [5, 5.41) is 11.4. The summed E-state index contributed by atoms with van der Waals surface area (Å²) in [4.78, 5) is 26.7. The van der Waals surface area contributed by atoms with Crippen LogP contribution in [-0.4, -0.2) is 41.9 Å². The molecule has 136 valence electrons. The number of rotatable bonds is 5. The lowest BCUT2D eigenvalue weighted by Crippen LogP contribution is -2.31. The van der Waals surface area contributed by atoms with Crippen molar-refractivity contribution in [1.29, 1.82) is 0 Å². The molecule has 0 bridgehead atoms. The van der Waals surface area contributed by atoms with Crippen LogP contribution < -0.4 is 10.6 Å². The van der Waals surface area contributed by atoms with E-state index in [1.165, 1.54) is 11.6 Å². The molecule has 0 atom stereocenters. The molecular formula is C19H22N4O3. The summed E-state index contributed by atoms with van der Waals surface area (Å²) in [6.45, 7) is 4.07. The largest absolute Gasteiger partial charge is 0.366 e. The van der Waals surface area contributed by atoms with Crippen LogP contribution in [0.15, 0.2) is 48.5 Å². The average Bonchev–Trinajstić information content (AvgIpc) is 2.87. The second-order valence-electron chi connectivity index (χ2n) is 6.43. The maximum atomic E-state index is 11.4. The molecule has 0 aliphatic carbocycles. The van der Waals surface area contributed by atoms with Crippen molar-refractivity contribution in [3.05, 3.63) is 69.8 Å². The van der Waals surface area contributed by atoms with E-state index >= 15 is 0 Å². The Kier molecular flexibility index (Phi) is 5.48. The average molecular weight is 354 g/mol. The number of nitrogens with zero attached hydrogens (tertiary/aromatic N) is 3. The van der Waals surface area contributed by atoms with E-state index in [-0.39, 0.29) is 11.3 Å². The number of carbonyl (C=O) groups excluding carboxylic acids is 1. The van der Waals surface area contributed by atoms with Crippen LogP contribution in [0.25, 0.3) is 0 Å². The van der Waals surface area contributed by atoms with Gasteiger partial charge in [-0.25, -0.2) is 0 Å². The van der Waals surface area contributed by atoms with Crippen molar-refractivity contribution in [1.82, 2.24) is 4.90 Å². The lowest BCUT2D eigenvalue weighted by molar-refractivity contribution is -0.384. The van der Waals surface area contributed by atoms with E-state index in [1.54, 1.807) is 12.1 Å². The fourth-order valence-electron chi connectivity index (χ4n) is 3.30. The fourth-order valence-corrected chi connectivity index (χ4v) is 3.30. The first-order valence-electron chi connectivity index (χ1n) is 8.64. The molecule has 0 aromatic heterocycles. The van der Waals surface area contributed by atoms with Crippen molar-refractivity contribution in [2.24, 2.45) is 5.73 Å². The molecule has 1 aliphatic rings. The molecule has 26 heavy (non-hydrogen) atoms. The molecule has 7 heteroatoms. The zero-order chi connectivity index (χ0) is 18.5. The van der Waals surface area contributed by atoms with Gasteiger partial charge in [0, 0.05) is 44.4 Å². The van der Waals surface area contributed by atoms with E-state index in [0.29, 0.717) is 12.2 Å². The van der Waals surface area contributed by atoms with Crippen LogP contribution >= 0.6 is 0 Å². The highest BCUT2D eigenvalue weighted by Crippen LogP contribution is 2.30. The van der Waals surface area contributed by atoms with Crippen LogP contribution in [0, 0.1) is 10.1 Å². The molecule has 2 aromatic carbocycles. The molecule has 7 nitrogen and oxygen atoms in total. The van der Waals surface area contributed by atoms with Crippen LogP contribution in [0.5, 0.6) is 0 Å². The monoisotopic (exact) mass is 354 g/mol. The number of carbonyl (C=O) groups is 1. The van der Waals surface area contributed by atoms with E-state index < -0.39 is 10.8 Å². The quantitative estimate of drug-likeness (QED) is 0.657. The first-order valence-corrected chi connectivity index (χ1v) is 8.64. The standard InChI is InChI=1S/C19H22N4O3/c20-19(24)16-7-8-17(18(13-16)23(25)26)22-10-4-9-21(11-12-22)14-15-5-2-1-3-6-15/h1-3,5-8,13H,4,9-12,14H2,(H2,20,24). The molecule has 1 aliphatic heterocycles. The maximum absolute atomic E-state index is 11.4. The van der Waals surface area contributed by atoms with E-state index in [1.807, 2.05) is 23.1 Å². The Labute approximate surface area is 152 Å². The van der Waals surface area contributed by atoms with Crippen molar-refractivity contribution in [2.75, 3.05) is 31.1 Å². The minimum atomic E-state index is -0.662. The molecule has 3 rings (SSSR count). The normalized spacial score (nSPS) is 15.5. The van der Waals surface area contributed by atoms with Crippen molar-refractivity contribution >= 4 is 17.3 Å². The summed E-state index contributed by atoms with van der Waals surface area (Å²) < 4.78 is 0. The zero-order valence-corrected chi connectivity index (χ0v) is 14.5. The second kappa shape index (κ2) is 7.97. The molecule has 1 heterocycles. The number of nitro groups is 1. The molecule has 0 radical (unpaired) electrons. The van der Waals surface area contributed by atoms with Crippen LogP contribution in [0.4, 0.5) is 11.4 Å². The van der Waals surface area contributed by atoms with Gasteiger partial charge in [0.15, 0.2) is 0 Å². The Morgan fingerprint density at radius 3 is 2.54 bits per heavy atom. The SMILES string of the molecule is NC(=O)c1ccc(N2CCCN(Cc3ccccc3)CC2)c([N+](=O)[O-])c1. The lowest BCUT2D eigenvalue weighted by atomic mass is 10.1. The van der Waals surface area contributed by atoms with E-state index in [2.05, 4.69) is 17.0 Å². The van der Waals surface area contributed by atoms with Crippen molar-refractivity contribution in [2.45, 2.75) is 13.0 Å². The third-order valence-corrected chi connectivity index (χ3v) is 4.63. The lowest BCUT2D eigenvalue weighted by Gasteiger charge is -2.23. The predicted molar refractivity (Wildman–Crippen MR) is 100 cm³/mol. The van der Waals surface area contributed by atoms with Gasteiger partial charge in [0.25, 0.3) is 5.69 Å². The molecule has 1 saturated heterocycles. The number of anilines is 1. The van der Waals surface area contributed by atoms with Crippen LogP contribution in [-0.2, 0) is 6.54 Å². The third kappa shape index (κ3) is 4.18. The number of amides is 1. The van der Waals surface area contributed by atoms with Gasteiger partial charge in [-0.15, -0.1) is 0 Å². The fraction of sp³-hybridized carbons (Fsp3) is 0.316. The summed E-state index contributed by atoms with van der Waals surface area (Å²) in [5.41, 5.74) is 7.13. The Morgan fingerprint density at radius 2 is 1.85 bits per heavy atom. The van der Waals surface area contributed by atoms with Crippen molar-refractivity contribution in [3.63, 3.8) is 0 Å². The Morgan fingerprint density at radius 1 is 1.08 bits per heavy atom. The molecule has 0 unspecified atom stereocenters. The summed E-state index contributed by atoms with van der Waals surface area (Å²) in [6.07, 6.45) is 0.918. The Bertz CT molecular complexity index is 795. The van der Waals surface area contributed by atoms with Gasteiger partial charge in [0.1, 0.15) is 5.69 Å². The summed E-state index contributed by atoms with van der Waals surface area (Å²) in [7, 11) is 0. The Balaban J connectivity index is 1.74. The van der Waals surface area contributed by atoms with Crippen LogP contribution in [0.1, 0.15) is 22.3 Å². The first-order chi connectivity index (χ1) is 12.5. The van der Waals surface area contributed by atoms with Crippen molar-refractivity contribution in [3.8, 4) is 0 Å². The number of nitrogens with two attached hydrogens (primary N) is 1. The molecule has 1 amide bonds. The molecule has 0 saturated carbocycles. The van der Waals surface area contributed by atoms with Gasteiger partial charge in [-0.2, -0.15) is 0 Å². The summed E-state index contributed by atoms with van der Waals surface area (Å²) in [5.74, 6) is -0.662. The minimum Gasteiger partial charge on any atom is -0.366 e. The summed E-state index contributed by atoms with van der Waals surface area (Å²) >= 11 is 0. The maximum Gasteiger partial charge on any atom is 0.293 e. The van der Waals surface area contributed by atoms with Gasteiger partial charge in [-0.3, -0.25) is 19.8 Å². The predicted octanol–water partition coefficient (Wildman–Crippen LogP) is 2.41. The van der Waals surface area contributed by atoms with Gasteiger partial charge >= 0.3 is 0 Å². The smallest absolute Gasteiger partial charge is 0.293 e. The highest BCUT2D eigenvalue weighted by atomic mass is 16.6. The molecular weight excluding hydrogens is 332 g/mol. The number of hydrogen-bond donors (Lipinski definition) is 1. The topological polar surface area (TPSA) is 92.7 Å². The number of hydrogen-bond acceptors (Lipinski definition) is 5. The highest BCUT2D eigenvalue weighted by Gasteiger charge is 2.23. The van der Waals surface area contributed by atoms with Gasteiger partial charge in [0.05, 0.1) is 4.92 Å². The van der Waals surface area contributed by atoms with E-state index in [9.17, 15) is 14.9 Å². The van der Waals surface area contributed by atoms with Gasteiger partial charge in [-0.05, 0) is 24.1 Å². The summed E-state index contributed by atoms with van der Waals surface area (Å²) in [6, 6.07) is 14.7. The molecule has 2 aromatic rings. The van der Waals surface area contributed by atoms with Gasteiger partial charge < -0.3 is 10.6 Å². The highest BCUT2D eigenvalue weighted by molar-refractivity contribution is 5.94. The van der Waals surface area contributed by atoms with E-state index in [4.69, 9.17) is 5.73 Å². The molecule has 2 N–H and O–H groups in total. The third-order valence-electron chi connectivity index (χ3n) is 4.63. The minimum absolute atomic E-state index is 0.0715. The number of benzene rings is 2. The van der Waals surface area contributed by atoms with Gasteiger partial charge in [0.2, 0.25) is 5.91 Å². The zero-order valence-electron chi connectivity index (χ0n) is 14.5.